The lowest BCUT2D eigenvalue weighted by Crippen LogP contribution is -2.28. The quantitative estimate of drug-likeness (QED) is 0.719. The Bertz CT molecular complexity index is 575. The van der Waals surface area contributed by atoms with E-state index in [0.29, 0.717) is 37.6 Å². The van der Waals surface area contributed by atoms with Gasteiger partial charge in [-0.2, -0.15) is 0 Å². The third-order valence-corrected chi connectivity index (χ3v) is 2.62. The number of nitrogens with zero attached hydrogens (tertiary/aromatic N) is 3. The van der Waals surface area contributed by atoms with Crippen LogP contribution < -0.4 is 10.6 Å². The predicted octanol–water partition coefficient (Wildman–Crippen LogP) is 0.589. The van der Waals surface area contributed by atoms with Crippen LogP contribution in [-0.2, 0) is 9.53 Å². The van der Waals surface area contributed by atoms with E-state index in [2.05, 4.69) is 25.6 Å². The first-order chi connectivity index (χ1) is 9.79. The fourth-order valence-electron chi connectivity index (χ4n) is 1.64. The largest absolute Gasteiger partial charge is 0.383 e. The van der Waals surface area contributed by atoms with E-state index in [-0.39, 0.29) is 5.91 Å². The molecule has 2 heterocycles. The number of ether oxygens (including phenoxy) is 1. The predicted molar refractivity (Wildman–Crippen MR) is 75.3 cm³/mol. The van der Waals surface area contributed by atoms with Gasteiger partial charge in [0.1, 0.15) is 11.3 Å². The zero-order valence-electron chi connectivity index (χ0n) is 11.3. The van der Waals surface area contributed by atoms with Crippen molar-refractivity contribution in [2.45, 2.75) is 6.42 Å². The van der Waals surface area contributed by atoms with Crippen molar-refractivity contribution in [3.8, 4) is 0 Å². The molecule has 2 N–H and O–H groups in total. The third-order valence-electron chi connectivity index (χ3n) is 2.62. The molecule has 0 aliphatic heterocycles. The Morgan fingerprint density at radius 1 is 1.25 bits per heavy atom. The Labute approximate surface area is 116 Å². The van der Waals surface area contributed by atoms with Gasteiger partial charge in [0.2, 0.25) is 5.91 Å². The maximum Gasteiger partial charge on any atom is 0.221 e. The number of fused-ring (bicyclic) bond motifs is 1. The van der Waals surface area contributed by atoms with Crippen LogP contribution in [0.5, 0.6) is 0 Å². The first-order valence-corrected chi connectivity index (χ1v) is 6.37. The van der Waals surface area contributed by atoms with E-state index in [1.54, 1.807) is 19.5 Å². The lowest BCUT2D eigenvalue weighted by atomic mass is 10.3. The minimum atomic E-state index is -0.0184. The summed E-state index contributed by atoms with van der Waals surface area (Å²) in [6.07, 6.45) is 3.60. The number of nitrogens with one attached hydrogen (secondary N) is 2. The summed E-state index contributed by atoms with van der Waals surface area (Å²) >= 11 is 0. The molecule has 0 atom stereocenters. The second kappa shape index (κ2) is 7.34. The number of carbonyl (C=O) groups is 1. The third kappa shape index (κ3) is 4.13. The highest BCUT2D eigenvalue weighted by Gasteiger charge is 2.02. The number of aromatic nitrogens is 3. The molecule has 0 aliphatic carbocycles. The molecule has 106 valence electrons. The molecule has 1 amide bonds. The van der Waals surface area contributed by atoms with Crippen molar-refractivity contribution in [1.82, 2.24) is 20.3 Å². The molecule has 0 aromatic carbocycles. The maximum absolute atomic E-state index is 11.5. The van der Waals surface area contributed by atoms with Crippen molar-refractivity contribution in [2.24, 2.45) is 0 Å². The normalized spacial score (nSPS) is 10.4. The fourth-order valence-corrected chi connectivity index (χ4v) is 1.64. The van der Waals surface area contributed by atoms with E-state index in [0.717, 1.165) is 5.52 Å². The van der Waals surface area contributed by atoms with Crippen LogP contribution in [0.4, 0.5) is 5.82 Å². The molecule has 20 heavy (non-hydrogen) atoms. The zero-order chi connectivity index (χ0) is 14.2. The van der Waals surface area contributed by atoms with Gasteiger partial charge in [-0.25, -0.2) is 9.97 Å². The molecular weight excluding hydrogens is 258 g/mol. The first-order valence-electron chi connectivity index (χ1n) is 6.37. The highest BCUT2D eigenvalue weighted by Crippen LogP contribution is 2.09. The van der Waals surface area contributed by atoms with Gasteiger partial charge in [0.15, 0.2) is 5.65 Å². The van der Waals surface area contributed by atoms with Gasteiger partial charge in [0, 0.05) is 39.0 Å². The summed E-state index contributed by atoms with van der Waals surface area (Å²) in [6.45, 7) is 1.56. The van der Waals surface area contributed by atoms with Gasteiger partial charge >= 0.3 is 0 Å². The summed E-state index contributed by atoms with van der Waals surface area (Å²) in [5.41, 5.74) is 1.33. The Balaban J connectivity index is 1.79. The summed E-state index contributed by atoms with van der Waals surface area (Å²) in [4.78, 5) is 24.1. The van der Waals surface area contributed by atoms with Crippen LogP contribution in [-0.4, -0.2) is 47.7 Å². The Morgan fingerprint density at radius 2 is 2.10 bits per heavy atom. The van der Waals surface area contributed by atoms with Crippen molar-refractivity contribution in [3.63, 3.8) is 0 Å². The van der Waals surface area contributed by atoms with Crippen LogP contribution in [0.15, 0.2) is 24.5 Å². The van der Waals surface area contributed by atoms with Gasteiger partial charge in [-0.05, 0) is 12.1 Å². The highest BCUT2D eigenvalue weighted by molar-refractivity contribution is 5.76. The molecule has 0 bridgehead atoms. The van der Waals surface area contributed by atoms with Crippen LogP contribution in [0.2, 0.25) is 0 Å². The van der Waals surface area contributed by atoms with Crippen LogP contribution in [0.3, 0.4) is 0 Å². The molecule has 0 aliphatic rings. The molecule has 2 rings (SSSR count). The van der Waals surface area contributed by atoms with E-state index < -0.39 is 0 Å². The van der Waals surface area contributed by atoms with Gasteiger partial charge in [-0.15, -0.1) is 0 Å². The average Bonchev–Trinajstić information content (AvgIpc) is 2.47. The maximum atomic E-state index is 11.5. The van der Waals surface area contributed by atoms with Crippen molar-refractivity contribution < 1.29 is 9.53 Å². The Kier molecular flexibility index (Phi) is 5.19. The molecule has 0 unspecified atom stereocenters. The smallest absolute Gasteiger partial charge is 0.221 e. The molecular formula is C13H17N5O2. The van der Waals surface area contributed by atoms with Gasteiger partial charge in [0.05, 0.1) is 6.61 Å². The second-order valence-electron chi connectivity index (χ2n) is 4.12. The molecule has 0 radical (unpaired) electrons. The number of carbonyl (C=O) groups excluding carboxylic acids is 1. The van der Waals surface area contributed by atoms with Crippen molar-refractivity contribution in [1.29, 1.82) is 0 Å². The topological polar surface area (TPSA) is 89.0 Å². The number of amides is 1. The monoisotopic (exact) mass is 275 g/mol. The van der Waals surface area contributed by atoms with E-state index in [1.807, 2.05) is 12.1 Å². The van der Waals surface area contributed by atoms with Crippen molar-refractivity contribution in [3.05, 3.63) is 24.5 Å². The summed E-state index contributed by atoms with van der Waals surface area (Å²) in [6, 6.07) is 3.66. The van der Waals surface area contributed by atoms with Gasteiger partial charge < -0.3 is 15.4 Å². The van der Waals surface area contributed by atoms with E-state index in [4.69, 9.17) is 4.74 Å². The van der Waals surface area contributed by atoms with Gasteiger partial charge in [-0.3, -0.25) is 9.78 Å². The molecule has 2 aromatic rings. The minimum absolute atomic E-state index is 0.0184. The molecule has 0 saturated carbocycles. The highest BCUT2D eigenvalue weighted by atomic mass is 16.5. The van der Waals surface area contributed by atoms with Crippen LogP contribution in [0.25, 0.3) is 11.2 Å². The van der Waals surface area contributed by atoms with Crippen LogP contribution in [0.1, 0.15) is 6.42 Å². The molecule has 7 heteroatoms. The molecule has 0 spiro atoms. The minimum Gasteiger partial charge on any atom is -0.383 e. The number of hydrogen-bond acceptors (Lipinski definition) is 6. The average molecular weight is 275 g/mol. The lowest BCUT2D eigenvalue weighted by molar-refractivity contribution is -0.121. The summed E-state index contributed by atoms with van der Waals surface area (Å²) in [5.74, 6) is 0.665. The van der Waals surface area contributed by atoms with E-state index in [1.165, 1.54) is 0 Å². The Hall–Kier alpha value is -2.28. The number of hydrogen-bond donors (Lipinski definition) is 2. The Morgan fingerprint density at radius 3 is 2.95 bits per heavy atom. The van der Waals surface area contributed by atoms with E-state index in [9.17, 15) is 4.79 Å². The first kappa shape index (κ1) is 14.1. The van der Waals surface area contributed by atoms with Crippen molar-refractivity contribution in [2.75, 3.05) is 32.1 Å². The number of rotatable bonds is 7. The van der Waals surface area contributed by atoms with Gasteiger partial charge in [0.25, 0.3) is 0 Å². The molecule has 0 saturated heterocycles. The van der Waals surface area contributed by atoms with Crippen LogP contribution >= 0.6 is 0 Å². The zero-order valence-corrected chi connectivity index (χ0v) is 11.3. The lowest BCUT2D eigenvalue weighted by Gasteiger charge is -2.07. The van der Waals surface area contributed by atoms with Crippen molar-refractivity contribution >= 4 is 22.9 Å². The number of anilines is 1. The summed E-state index contributed by atoms with van der Waals surface area (Å²) in [7, 11) is 1.60. The standard InChI is InChI=1S/C13H17N5O2/c1-20-9-8-16-12(19)4-5-15-11-3-2-10-13(18-11)17-7-6-14-10/h2-3,6-7H,4-5,8-9H2,1H3,(H,16,19)(H,15,17,18). The molecule has 7 nitrogen and oxygen atoms in total. The molecule has 2 aromatic heterocycles. The number of methoxy groups -OCH3 is 1. The van der Waals surface area contributed by atoms with E-state index >= 15 is 0 Å². The second-order valence-corrected chi connectivity index (χ2v) is 4.12. The SMILES string of the molecule is COCCNC(=O)CCNc1ccc2nccnc2n1. The molecule has 0 fully saturated rings. The van der Waals surface area contributed by atoms with Crippen LogP contribution in [0, 0.1) is 0 Å². The van der Waals surface area contributed by atoms with Gasteiger partial charge in [-0.1, -0.05) is 0 Å². The number of pyridine rings is 1. The summed E-state index contributed by atoms with van der Waals surface area (Å²) < 4.78 is 4.85. The fraction of sp³-hybridized carbons (Fsp3) is 0.385. The summed E-state index contributed by atoms with van der Waals surface area (Å²) in [5, 5.41) is 5.84.